The Bertz CT molecular complexity index is 1110. The Hall–Kier alpha value is -3.12. The van der Waals surface area contributed by atoms with Crippen LogP contribution in [0.2, 0.25) is 0 Å². The van der Waals surface area contributed by atoms with Crippen molar-refractivity contribution in [3.05, 3.63) is 69.4 Å². The van der Waals surface area contributed by atoms with Gasteiger partial charge in [0, 0.05) is 0 Å². The van der Waals surface area contributed by atoms with E-state index in [4.69, 9.17) is 15.2 Å². The number of hydrogen-bond donors (Lipinski definition) is 2. The first-order valence-corrected chi connectivity index (χ1v) is 9.62. The number of nitrogens with zero attached hydrogens (tertiary/aromatic N) is 1. The number of ether oxygens (including phenoxy) is 2. The summed E-state index contributed by atoms with van der Waals surface area (Å²) in [6, 6.07) is 8.84. The second-order valence-corrected chi connectivity index (χ2v) is 7.25. The van der Waals surface area contributed by atoms with Crippen molar-refractivity contribution in [3.8, 4) is 11.6 Å². The molecule has 0 atom stereocenters. The van der Waals surface area contributed by atoms with E-state index < -0.39 is 46.1 Å². The summed E-state index contributed by atoms with van der Waals surface area (Å²) in [5, 5.41) is 2.20. The molecule has 0 radical (unpaired) electrons. The van der Waals surface area contributed by atoms with Crippen LogP contribution >= 0.6 is 27.5 Å². The summed E-state index contributed by atoms with van der Waals surface area (Å²) in [4.78, 5) is 23.8. The summed E-state index contributed by atoms with van der Waals surface area (Å²) in [5.41, 5.74) is 4.26. The Morgan fingerprint density at radius 2 is 1.87 bits per heavy atom. The fourth-order valence-electron chi connectivity index (χ4n) is 2.27. The van der Waals surface area contributed by atoms with Crippen molar-refractivity contribution in [1.82, 2.24) is 4.37 Å². The number of anilines is 1. The Labute approximate surface area is 179 Å². The number of carbonyl (C=O) groups excluding carboxylic acids is 2. The lowest BCUT2D eigenvalue weighted by molar-refractivity contribution is 0.0996. The van der Waals surface area contributed by atoms with Crippen LogP contribution in [0.1, 0.15) is 15.9 Å². The largest absolute Gasteiger partial charge is 0.471 e. The summed E-state index contributed by atoms with van der Waals surface area (Å²) in [6.45, 7) is -0.778. The Morgan fingerprint density at radius 3 is 2.53 bits per heavy atom. The summed E-state index contributed by atoms with van der Waals surface area (Å²) >= 11 is 3.32. The van der Waals surface area contributed by atoms with Crippen LogP contribution in [-0.2, 0) is 6.61 Å². The second-order valence-electron chi connectivity index (χ2n) is 5.62. The fraction of sp³-hybridized carbons (Fsp3) is 0.0556. The molecular formula is C18H11BrF3N3O4S. The van der Waals surface area contributed by atoms with Crippen LogP contribution in [0, 0.1) is 17.5 Å². The van der Waals surface area contributed by atoms with E-state index in [-0.39, 0.29) is 22.2 Å². The number of halogens is 4. The number of hydrogen-bond acceptors (Lipinski definition) is 6. The molecule has 2 aromatic carbocycles. The van der Waals surface area contributed by atoms with Crippen molar-refractivity contribution in [2.75, 3.05) is 5.32 Å². The van der Waals surface area contributed by atoms with Crippen LogP contribution in [-0.4, -0.2) is 16.4 Å². The first-order valence-electron chi connectivity index (χ1n) is 8.06. The van der Waals surface area contributed by atoms with E-state index in [0.717, 1.165) is 6.07 Å². The maximum atomic E-state index is 14.0. The van der Waals surface area contributed by atoms with Gasteiger partial charge < -0.3 is 15.2 Å². The number of benzene rings is 2. The lowest BCUT2D eigenvalue weighted by Crippen LogP contribution is -2.20. The highest BCUT2D eigenvalue weighted by molar-refractivity contribution is 9.10. The van der Waals surface area contributed by atoms with Crippen molar-refractivity contribution in [2.24, 2.45) is 5.73 Å². The predicted molar refractivity (Wildman–Crippen MR) is 105 cm³/mol. The maximum absolute atomic E-state index is 14.0. The average Bonchev–Trinajstić information content (AvgIpc) is 3.09. The van der Waals surface area contributed by atoms with Crippen molar-refractivity contribution < 1.29 is 32.2 Å². The number of nitrogens with one attached hydrogen (secondary N) is 1. The van der Waals surface area contributed by atoms with Crippen molar-refractivity contribution in [3.63, 3.8) is 0 Å². The lowest BCUT2D eigenvalue weighted by Gasteiger charge is -2.09. The molecule has 7 nitrogen and oxygen atoms in total. The van der Waals surface area contributed by atoms with Gasteiger partial charge in [0.25, 0.3) is 5.91 Å². The van der Waals surface area contributed by atoms with Gasteiger partial charge in [-0.05, 0) is 45.7 Å². The molecule has 0 unspecified atom stereocenters. The number of amides is 2. The third-order valence-electron chi connectivity index (χ3n) is 3.64. The number of rotatable bonds is 6. The molecule has 3 rings (SSSR count). The zero-order chi connectivity index (χ0) is 21.8. The van der Waals surface area contributed by atoms with E-state index in [1.54, 1.807) is 18.2 Å². The van der Waals surface area contributed by atoms with E-state index in [2.05, 4.69) is 25.6 Å². The first-order chi connectivity index (χ1) is 14.3. The highest BCUT2D eigenvalue weighted by atomic mass is 79.9. The minimum absolute atomic E-state index is 0.0960. The second kappa shape index (κ2) is 9.13. The van der Waals surface area contributed by atoms with Gasteiger partial charge in [-0.15, -0.1) is 0 Å². The quantitative estimate of drug-likeness (QED) is 0.379. The summed E-state index contributed by atoms with van der Waals surface area (Å²) in [5.74, 6) is -4.97. The number of aromatic nitrogens is 1. The molecule has 3 N–H and O–H groups in total. The molecule has 0 aliphatic heterocycles. The Kier molecular flexibility index (Phi) is 6.57. The van der Waals surface area contributed by atoms with Crippen LogP contribution in [0.3, 0.4) is 0 Å². The van der Waals surface area contributed by atoms with Crippen LogP contribution in [0.15, 0.2) is 40.9 Å². The minimum Gasteiger partial charge on any atom is -0.471 e. The molecule has 12 heteroatoms. The van der Waals surface area contributed by atoms with Crippen LogP contribution in [0.25, 0.3) is 0 Å². The average molecular weight is 502 g/mol. The third kappa shape index (κ3) is 4.71. The molecular weight excluding hydrogens is 491 g/mol. The first kappa shape index (κ1) is 21.6. The lowest BCUT2D eigenvalue weighted by atomic mass is 10.2. The van der Waals surface area contributed by atoms with Gasteiger partial charge in [-0.1, -0.05) is 18.2 Å². The minimum atomic E-state index is -1.46. The van der Waals surface area contributed by atoms with Crippen molar-refractivity contribution in [2.45, 2.75) is 6.61 Å². The van der Waals surface area contributed by atoms with Gasteiger partial charge in [0.05, 0.1) is 10.0 Å². The smallest absolute Gasteiger partial charge is 0.417 e. The molecule has 0 aliphatic rings. The van der Waals surface area contributed by atoms with Crippen molar-refractivity contribution >= 4 is 44.5 Å². The Balaban J connectivity index is 1.77. The van der Waals surface area contributed by atoms with E-state index in [0.29, 0.717) is 11.5 Å². The van der Waals surface area contributed by atoms with Gasteiger partial charge in [-0.3, -0.25) is 10.1 Å². The molecule has 0 spiro atoms. The van der Waals surface area contributed by atoms with E-state index in [9.17, 15) is 22.8 Å². The molecule has 30 heavy (non-hydrogen) atoms. The number of primary amides is 1. The van der Waals surface area contributed by atoms with E-state index in [1.165, 1.54) is 12.1 Å². The fourth-order valence-corrected chi connectivity index (χ4v) is 3.37. The normalized spacial score (nSPS) is 10.5. The highest BCUT2D eigenvalue weighted by Gasteiger charge is 2.24. The molecule has 3 aromatic rings. The van der Waals surface area contributed by atoms with Gasteiger partial charge >= 0.3 is 6.09 Å². The summed E-state index contributed by atoms with van der Waals surface area (Å²) in [7, 11) is 0. The molecule has 0 fully saturated rings. The third-order valence-corrected chi connectivity index (χ3v) is 4.96. The SMILES string of the molecule is NC(=O)c1c(OCc2c(F)cc(Br)c(F)c2F)nsc1NC(=O)Oc1ccccc1. The summed E-state index contributed by atoms with van der Waals surface area (Å²) < 4.78 is 55.2. The van der Waals surface area contributed by atoms with Gasteiger partial charge in [0.2, 0.25) is 5.88 Å². The van der Waals surface area contributed by atoms with Gasteiger partial charge in [0.15, 0.2) is 11.6 Å². The zero-order valence-electron chi connectivity index (χ0n) is 14.7. The zero-order valence-corrected chi connectivity index (χ0v) is 17.2. The topological polar surface area (TPSA) is 104 Å². The molecule has 0 saturated heterocycles. The van der Waals surface area contributed by atoms with Crippen molar-refractivity contribution in [1.29, 1.82) is 0 Å². The molecule has 0 aliphatic carbocycles. The van der Waals surface area contributed by atoms with Gasteiger partial charge in [-0.2, -0.15) is 4.37 Å². The molecule has 1 aromatic heterocycles. The van der Waals surface area contributed by atoms with E-state index >= 15 is 0 Å². The molecule has 156 valence electrons. The maximum Gasteiger partial charge on any atom is 0.417 e. The molecule has 2 amide bonds. The number of carbonyl (C=O) groups is 2. The predicted octanol–water partition coefficient (Wildman–Crippen LogP) is 4.61. The number of para-hydroxylation sites is 1. The van der Waals surface area contributed by atoms with E-state index in [1.807, 2.05) is 0 Å². The van der Waals surface area contributed by atoms with Crippen LogP contribution in [0.4, 0.5) is 23.0 Å². The molecule has 0 saturated carbocycles. The number of nitrogens with two attached hydrogens (primary N) is 1. The highest BCUT2D eigenvalue weighted by Crippen LogP contribution is 2.32. The standard InChI is InChI=1S/C18H11BrF3N3O4S/c19-10-6-11(20)9(13(21)14(10)22)7-28-16-12(15(23)26)17(30-25-16)24-18(27)29-8-4-2-1-3-5-8/h1-6H,7H2,(H2,23,26)(H,24,27). The monoisotopic (exact) mass is 501 g/mol. The van der Waals surface area contributed by atoms with Crippen LogP contribution in [0.5, 0.6) is 11.6 Å². The molecule has 0 bridgehead atoms. The van der Waals surface area contributed by atoms with Crippen LogP contribution < -0.4 is 20.5 Å². The molecule has 1 heterocycles. The Morgan fingerprint density at radius 1 is 1.17 bits per heavy atom. The summed E-state index contributed by atoms with van der Waals surface area (Å²) in [6.07, 6.45) is -0.925. The van der Waals surface area contributed by atoms with Gasteiger partial charge in [-0.25, -0.2) is 18.0 Å². The van der Waals surface area contributed by atoms with Gasteiger partial charge in [0.1, 0.15) is 28.7 Å².